The van der Waals surface area contributed by atoms with Gasteiger partial charge in [-0.15, -0.1) is 10.2 Å². The number of hydrogen-bond acceptors (Lipinski definition) is 6. The zero-order valence-electron chi connectivity index (χ0n) is 10.2. The summed E-state index contributed by atoms with van der Waals surface area (Å²) in [6, 6.07) is 7.52. The second kappa shape index (κ2) is 7.23. The average Bonchev–Trinajstić information content (AvgIpc) is 2.81. The Balaban J connectivity index is 1.72. The lowest BCUT2D eigenvalue weighted by Gasteiger charge is -2.11. The van der Waals surface area contributed by atoms with Crippen LogP contribution < -0.4 is 4.74 Å². The van der Waals surface area contributed by atoms with Crippen LogP contribution >= 0.6 is 39.0 Å². The summed E-state index contributed by atoms with van der Waals surface area (Å²) in [7, 11) is 0. The van der Waals surface area contributed by atoms with Gasteiger partial charge in [0.25, 0.3) is 0 Å². The normalized spacial score (nSPS) is 12.4. The van der Waals surface area contributed by atoms with E-state index in [0.29, 0.717) is 5.75 Å². The number of hydrogen-bond donors (Lipinski definition) is 1. The Morgan fingerprint density at radius 2 is 2.11 bits per heavy atom. The third-order valence-electron chi connectivity index (χ3n) is 2.16. The molecule has 1 aromatic heterocycles. The molecule has 1 unspecified atom stereocenters. The van der Waals surface area contributed by atoms with Crippen molar-refractivity contribution in [1.29, 1.82) is 0 Å². The monoisotopic (exact) mass is 360 g/mol. The molecule has 19 heavy (non-hydrogen) atoms. The third-order valence-corrected chi connectivity index (χ3v) is 4.81. The first-order valence-corrected chi connectivity index (χ1v) is 8.22. The molecule has 0 saturated heterocycles. The Morgan fingerprint density at radius 3 is 2.74 bits per heavy atom. The highest BCUT2D eigenvalue weighted by atomic mass is 79.9. The van der Waals surface area contributed by atoms with E-state index in [4.69, 9.17) is 4.74 Å². The van der Waals surface area contributed by atoms with E-state index >= 15 is 0 Å². The molecule has 0 spiro atoms. The molecule has 1 heterocycles. The molecule has 0 bridgehead atoms. The van der Waals surface area contributed by atoms with Crippen LogP contribution in [0.2, 0.25) is 0 Å². The summed E-state index contributed by atoms with van der Waals surface area (Å²) in [5.74, 6) is 1.30. The quantitative estimate of drug-likeness (QED) is 0.801. The first-order valence-electron chi connectivity index (χ1n) is 5.63. The minimum Gasteiger partial charge on any atom is -0.491 e. The maximum absolute atomic E-state index is 9.83. The van der Waals surface area contributed by atoms with Crippen LogP contribution in [0.3, 0.4) is 0 Å². The largest absolute Gasteiger partial charge is 0.491 e. The van der Waals surface area contributed by atoms with Gasteiger partial charge >= 0.3 is 0 Å². The lowest BCUT2D eigenvalue weighted by molar-refractivity contribution is 0.126. The molecule has 4 nitrogen and oxygen atoms in total. The summed E-state index contributed by atoms with van der Waals surface area (Å²) < 4.78 is 7.38. The van der Waals surface area contributed by atoms with Crippen molar-refractivity contribution in [3.05, 3.63) is 33.7 Å². The number of aryl methyl sites for hydroxylation is 1. The first-order chi connectivity index (χ1) is 9.13. The van der Waals surface area contributed by atoms with Crippen molar-refractivity contribution >= 4 is 39.0 Å². The van der Waals surface area contributed by atoms with Crippen LogP contribution in [0.15, 0.2) is 33.1 Å². The van der Waals surface area contributed by atoms with Gasteiger partial charge in [-0.05, 0) is 31.2 Å². The summed E-state index contributed by atoms with van der Waals surface area (Å²) in [6.45, 7) is 2.18. The highest BCUT2D eigenvalue weighted by Gasteiger charge is 2.09. The van der Waals surface area contributed by atoms with Gasteiger partial charge in [-0.3, -0.25) is 0 Å². The molecule has 0 aliphatic carbocycles. The molecule has 2 aromatic rings. The molecular weight excluding hydrogens is 348 g/mol. The highest BCUT2D eigenvalue weighted by Crippen LogP contribution is 2.22. The van der Waals surface area contributed by atoms with Crippen LogP contribution in [0.5, 0.6) is 5.75 Å². The summed E-state index contributed by atoms with van der Waals surface area (Å²) in [6.07, 6.45) is -0.530. The predicted octanol–water partition coefficient (Wildman–Crippen LogP) is 3.14. The van der Waals surface area contributed by atoms with Gasteiger partial charge in [0.15, 0.2) is 4.34 Å². The molecule has 0 fully saturated rings. The van der Waals surface area contributed by atoms with Crippen molar-refractivity contribution in [2.24, 2.45) is 0 Å². The average molecular weight is 361 g/mol. The maximum Gasteiger partial charge on any atom is 0.174 e. The SMILES string of the molecule is Cc1nnc(SCC(O)COc2ccc(Br)cc2)s1. The van der Waals surface area contributed by atoms with Gasteiger partial charge in [-0.25, -0.2) is 0 Å². The molecule has 0 aliphatic rings. The fourth-order valence-electron chi connectivity index (χ4n) is 1.28. The zero-order chi connectivity index (χ0) is 13.7. The van der Waals surface area contributed by atoms with E-state index in [1.807, 2.05) is 31.2 Å². The summed E-state index contributed by atoms with van der Waals surface area (Å²) in [5, 5.41) is 18.7. The van der Waals surface area contributed by atoms with Crippen LogP contribution in [0.1, 0.15) is 5.01 Å². The van der Waals surface area contributed by atoms with E-state index in [-0.39, 0.29) is 6.61 Å². The highest BCUT2D eigenvalue weighted by molar-refractivity contribution is 9.10. The molecular formula is C12H13BrN2O2S2. The molecule has 102 valence electrons. The summed E-state index contributed by atoms with van der Waals surface area (Å²) in [5.41, 5.74) is 0. The molecule has 0 aliphatic heterocycles. The van der Waals surface area contributed by atoms with Crippen LogP contribution in [-0.2, 0) is 0 Å². The Hall–Kier alpha value is -0.630. The second-order valence-electron chi connectivity index (χ2n) is 3.82. The topological polar surface area (TPSA) is 55.2 Å². The Bertz CT molecular complexity index is 519. The summed E-state index contributed by atoms with van der Waals surface area (Å²) >= 11 is 6.38. The number of aliphatic hydroxyl groups is 1. The lowest BCUT2D eigenvalue weighted by atomic mass is 10.3. The van der Waals surface area contributed by atoms with Crippen molar-refractivity contribution < 1.29 is 9.84 Å². The van der Waals surface area contributed by atoms with Crippen LogP contribution in [0.4, 0.5) is 0 Å². The number of nitrogens with zero attached hydrogens (tertiary/aromatic N) is 2. The van der Waals surface area contributed by atoms with Crippen LogP contribution in [-0.4, -0.2) is 33.8 Å². The van der Waals surface area contributed by atoms with Gasteiger partial charge in [0.05, 0.1) is 6.10 Å². The molecule has 2 rings (SSSR count). The molecule has 1 atom stereocenters. The minimum absolute atomic E-state index is 0.270. The van der Waals surface area contributed by atoms with E-state index < -0.39 is 6.10 Å². The van der Waals surface area contributed by atoms with Crippen LogP contribution in [0, 0.1) is 6.92 Å². The molecule has 1 N–H and O–H groups in total. The number of thioether (sulfide) groups is 1. The Kier molecular flexibility index (Phi) is 5.62. The van der Waals surface area contributed by atoms with Crippen LogP contribution in [0.25, 0.3) is 0 Å². The smallest absolute Gasteiger partial charge is 0.174 e. The molecule has 7 heteroatoms. The Morgan fingerprint density at radius 1 is 1.37 bits per heavy atom. The molecule has 1 aromatic carbocycles. The third kappa shape index (κ3) is 5.10. The number of rotatable bonds is 6. The van der Waals surface area contributed by atoms with Gasteiger partial charge in [0, 0.05) is 10.2 Å². The van der Waals surface area contributed by atoms with Gasteiger partial charge in [-0.2, -0.15) is 0 Å². The maximum atomic E-state index is 9.83. The van der Waals surface area contributed by atoms with Gasteiger partial charge in [0.2, 0.25) is 0 Å². The number of halogens is 1. The van der Waals surface area contributed by atoms with Crippen molar-refractivity contribution in [3.63, 3.8) is 0 Å². The summed E-state index contributed by atoms with van der Waals surface area (Å²) in [4.78, 5) is 0. The van der Waals surface area contributed by atoms with E-state index in [9.17, 15) is 5.11 Å². The van der Waals surface area contributed by atoms with E-state index in [1.54, 1.807) is 0 Å². The number of aromatic nitrogens is 2. The zero-order valence-corrected chi connectivity index (χ0v) is 13.5. The van der Waals surface area contributed by atoms with E-state index in [2.05, 4.69) is 26.1 Å². The van der Waals surface area contributed by atoms with E-state index in [0.717, 1.165) is 19.6 Å². The molecule has 0 radical (unpaired) electrons. The van der Waals surface area contributed by atoms with Crippen molar-refractivity contribution in [2.45, 2.75) is 17.4 Å². The Labute approximate surface area is 128 Å². The van der Waals surface area contributed by atoms with Crippen molar-refractivity contribution in [1.82, 2.24) is 10.2 Å². The number of benzene rings is 1. The minimum atomic E-state index is -0.530. The van der Waals surface area contributed by atoms with Gasteiger partial charge in [0.1, 0.15) is 17.4 Å². The van der Waals surface area contributed by atoms with Crippen molar-refractivity contribution in [3.8, 4) is 5.75 Å². The second-order valence-corrected chi connectivity index (χ2v) is 7.18. The fourth-order valence-corrected chi connectivity index (χ4v) is 3.29. The lowest BCUT2D eigenvalue weighted by Crippen LogP contribution is -2.19. The fraction of sp³-hybridized carbons (Fsp3) is 0.333. The molecule has 0 saturated carbocycles. The van der Waals surface area contributed by atoms with Gasteiger partial charge < -0.3 is 9.84 Å². The van der Waals surface area contributed by atoms with E-state index in [1.165, 1.54) is 23.1 Å². The molecule has 0 amide bonds. The number of aliphatic hydroxyl groups excluding tert-OH is 1. The van der Waals surface area contributed by atoms with Gasteiger partial charge in [-0.1, -0.05) is 39.0 Å². The first kappa shape index (κ1) is 14.8. The predicted molar refractivity (Wildman–Crippen MR) is 81.0 cm³/mol. The number of ether oxygens (including phenoxy) is 1. The standard InChI is InChI=1S/C12H13BrN2O2S2/c1-8-14-15-12(19-8)18-7-10(16)6-17-11-4-2-9(13)3-5-11/h2-5,10,16H,6-7H2,1H3. The van der Waals surface area contributed by atoms with Crippen molar-refractivity contribution in [2.75, 3.05) is 12.4 Å².